The maximum Gasteiger partial charge on any atom is 0.0102 e. The SMILES string of the molecule is CCC(Cc1cc(C)c(C)cc1C)NC. The van der Waals surface area contributed by atoms with Gasteiger partial charge in [-0.2, -0.15) is 0 Å². The minimum Gasteiger partial charge on any atom is -0.317 e. The highest BCUT2D eigenvalue weighted by Gasteiger charge is 2.07. The quantitative estimate of drug-likeness (QED) is 0.796. The van der Waals surface area contributed by atoms with E-state index in [4.69, 9.17) is 0 Å². The van der Waals surface area contributed by atoms with Crippen LogP contribution in [0, 0.1) is 20.8 Å². The Bertz CT molecular complexity index is 324. The maximum atomic E-state index is 3.36. The molecule has 1 heteroatoms. The standard InChI is InChI=1S/C14H23N/c1-6-14(15-5)9-13-8-11(3)10(2)7-12(13)4/h7-8,14-15H,6,9H2,1-5H3. The van der Waals surface area contributed by atoms with Gasteiger partial charge in [-0.1, -0.05) is 19.1 Å². The number of likely N-dealkylation sites (N-methyl/N-ethyl adjacent to an activating group) is 1. The molecule has 0 radical (unpaired) electrons. The lowest BCUT2D eigenvalue weighted by Gasteiger charge is -2.16. The van der Waals surface area contributed by atoms with E-state index in [9.17, 15) is 0 Å². The molecule has 0 aromatic heterocycles. The number of hydrogen-bond acceptors (Lipinski definition) is 1. The topological polar surface area (TPSA) is 12.0 Å². The van der Waals surface area contributed by atoms with Crippen molar-refractivity contribution in [1.82, 2.24) is 5.32 Å². The summed E-state index contributed by atoms with van der Waals surface area (Å²) in [5.74, 6) is 0. The Morgan fingerprint density at radius 1 is 1.07 bits per heavy atom. The zero-order valence-corrected chi connectivity index (χ0v) is 10.6. The van der Waals surface area contributed by atoms with Crippen molar-refractivity contribution < 1.29 is 0 Å². The van der Waals surface area contributed by atoms with Gasteiger partial charge in [0.2, 0.25) is 0 Å². The molecule has 1 rings (SSSR count). The van der Waals surface area contributed by atoms with E-state index in [-0.39, 0.29) is 0 Å². The van der Waals surface area contributed by atoms with Gasteiger partial charge in [-0.15, -0.1) is 0 Å². The van der Waals surface area contributed by atoms with Crippen LogP contribution in [0.4, 0.5) is 0 Å². The number of nitrogens with one attached hydrogen (secondary N) is 1. The van der Waals surface area contributed by atoms with Crippen LogP contribution in [0.15, 0.2) is 12.1 Å². The molecule has 0 fully saturated rings. The van der Waals surface area contributed by atoms with Crippen molar-refractivity contribution in [1.29, 1.82) is 0 Å². The summed E-state index contributed by atoms with van der Waals surface area (Å²) in [4.78, 5) is 0. The van der Waals surface area contributed by atoms with Crippen molar-refractivity contribution in [2.45, 2.75) is 46.6 Å². The van der Waals surface area contributed by atoms with E-state index >= 15 is 0 Å². The Hall–Kier alpha value is -0.820. The molecule has 1 atom stereocenters. The van der Waals surface area contributed by atoms with Crippen molar-refractivity contribution >= 4 is 0 Å². The lowest BCUT2D eigenvalue weighted by molar-refractivity contribution is 0.542. The molecule has 15 heavy (non-hydrogen) atoms. The first-order valence-corrected chi connectivity index (χ1v) is 5.82. The molecular formula is C14H23N. The molecule has 1 aromatic rings. The third-order valence-corrected chi connectivity index (χ3v) is 3.32. The molecule has 1 nitrogen and oxygen atoms in total. The fourth-order valence-electron chi connectivity index (χ4n) is 1.96. The monoisotopic (exact) mass is 205 g/mol. The number of hydrogen-bond donors (Lipinski definition) is 1. The Balaban J connectivity index is 2.89. The molecule has 0 saturated carbocycles. The van der Waals surface area contributed by atoms with Crippen LogP contribution in [-0.4, -0.2) is 13.1 Å². The van der Waals surface area contributed by atoms with Crippen LogP contribution in [0.2, 0.25) is 0 Å². The normalized spacial score (nSPS) is 12.9. The van der Waals surface area contributed by atoms with Gasteiger partial charge in [0.15, 0.2) is 0 Å². The summed E-state index contributed by atoms with van der Waals surface area (Å²) in [7, 11) is 2.05. The van der Waals surface area contributed by atoms with Gasteiger partial charge < -0.3 is 5.32 Å². The molecule has 0 amide bonds. The molecule has 1 aromatic carbocycles. The minimum absolute atomic E-state index is 0.603. The summed E-state index contributed by atoms with van der Waals surface area (Å²) >= 11 is 0. The first kappa shape index (κ1) is 12.3. The second-order valence-electron chi connectivity index (χ2n) is 4.46. The highest BCUT2D eigenvalue weighted by atomic mass is 14.9. The fraction of sp³-hybridized carbons (Fsp3) is 0.571. The van der Waals surface area contributed by atoms with E-state index in [1.165, 1.54) is 28.7 Å². The van der Waals surface area contributed by atoms with E-state index in [0.717, 1.165) is 6.42 Å². The van der Waals surface area contributed by atoms with Gasteiger partial charge in [-0.25, -0.2) is 0 Å². The van der Waals surface area contributed by atoms with Crippen LogP contribution in [0.3, 0.4) is 0 Å². The van der Waals surface area contributed by atoms with Crippen molar-refractivity contribution in [3.8, 4) is 0 Å². The fourth-order valence-corrected chi connectivity index (χ4v) is 1.96. The number of rotatable bonds is 4. The van der Waals surface area contributed by atoms with Gasteiger partial charge in [0.1, 0.15) is 0 Å². The van der Waals surface area contributed by atoms with Gasteiger partial charge in [0.25, 0.3) is 0 Å². The van der Waals surface area contributed by atoms with Crippen LogP contribution < -0.4 is 5.32 Å². The highest BCUT2D eigenvalue weighted by Crippen LogP contribution is 2.17. The van der Waals surface area contributed by atoms with Crippen molar-refractivity contribution in [2.24, 2.45) is 0 Å². The Morgan fingerprint density at radius 2 is 1.67 bits per heavy atom. The molecule has 0 heterocycles. The predicted octanol–water partition coefficient (Wildman–Crippen LogP) is 3.15. The second-order valence-corrected chi connectivity index (χ2v) is 4.46. The third kappa shape index (κ3) is 3.07. The van der Waals surface area contributed by atoms with Crippen molar-refractivity contribution in [3.63, 3.8) is 0 Å². The van der Waals surface area contributed by atoms with E-state index in [1.54, 1.807) is 0 Å². The Labute approximate surface area is 93.9 Å². The molecule has 0 bridgehead atoms. The number of aryl methyl sites for hydroxylation is 3. The van der Waals surface area contributed by atoms with Crippen LogP contribution in [0.5, 0.6) is 0 Å². The Kier molecular flexibility index (Phi) is 4.34. The van der Waals surface area contributed by atoms with Crippen LogP contribution >= 0.6 is 0 Å². The minimum atomic E-state index is 0.603. The van der Waals surface area contributed by atoms with Gasteiger partial charge in [-0.3, -0.25) is 0 Å². The van der Waals surface area contributed by atoms with E-state index in [0.29, 0.717) is 6.04 Å². The molecule has 0 aliphatic carbocycles. The van der Waals surface area contributed by atoms with Gasteiger partial charge >= 0.3 is 0 Å². The largest absolute Gasteiger partial charge is 0.317 e. The maximum absolute atomic E-state index is 3.36. The first-order chi connectivity index (χ1) is 7.08. The molecule has 1 unspecified atom stereocenters. The van der Waals surface area contributed by atoms with Gasteiger partial charge in [0, 0.05) is 6.04 Å². The smallest absolute Gasteiger partial charge is 0.0102 e. The van der Waals surface area contributed by atoms with Crippen molar-refractivity contribution in [3.05, 3.63) is 34.4 Å². The predicted molar refractivity (Wildman–Crippen MR) is 67.5 cm³/mol. The molecular weight excluding hydrogens is 182 g/mol. The summed E-state index contributed by atoms with van der Waals surface area (Å²) < 4.78 is 0. The lowest BCUT2D eigenvalue weighted by Crippen LogP contribution is -2.26. The van der Waals surface area contributed by atoms with Gasteiger partial charge in [0.05, 0.1) is 0 Å². The molecule has 0 aliphatic rings. The van der Waals surface area contributed by atoms with E-state index in [2.05, 4.69) is 45.1 Å². The molecule has 84 valence electrons. The average molecular weight is 205 g/mol. The molecule has 0 aliphatic heterocycles. The molecule has 0 saturated heterocycles. The summed E-state index contributed by atoms with van der Waals surface area (Å²) in [5.41, 5.74) is 5.71. The van der Waals surface area contributed by atoms with Crippen molar-refractivity contribution in [2.75, 3.05) is 7.05 Å². The zero-order valence-electron chi connectivity index (χ0n) is 10.6. The summed E-state index contributed by atoms with van der Waals surface area (Å²) in [6.45, 7) is 8.82. The average Bonchev–Trinajstić information content (AvgIpc) is 2.21. The first-order valence-electron chi connectivity index (χ1n) is 5.82. The molecule has 1 N–H and O–H groups in total. The highest BCUT2D eigenvalue weighted by molar-refractivity contribution is 5.36. The van der Waals surface area contributed by atoms with E-state index in [1.807, 2.05) is 7.05 Å². The summed E-state index contributed by atoms with van der Waals surface area (Å²) in [5, 5.41) is 3.36. The summed E-state index contributed by atoms with van der Waals surface area (Å²) in [6, 6.07) is 5.24. The van der Waals surface area contributed by atoms with Crippen LogP contribution in [0.25, 0.3) is 0 Å². The second kappa shape index (κ2) is 5.32. The number of benzene rings is 1. The van der Waals surface area contributed by atoms with Crippen LogP contribution in [0.1, 0.15) is 35.6 Å². The van der Waals surface area contributed by atoms with Gasteiger partial charge in [-0.05, 0) is 62.9 Å². The zero-order chi connectivity index (χ0) is 11.4. The third-order valence-electron chi connectivity index (χ3n) is 3.32. The van der Waals surface area contributed by atoms with E-state index < -0.39 is 0 Å². The summed E-state index contributed by atoms with van der Waals surface area (Å²) in [6.07, 6.45) is 2.32. The lowest BCUT2D eigenvalue weighted by atomic mass is 9.95. The van der Waals surface area contributed by atoms with Crippen LogP contribution in [-0.2, 0) is 6.42 Å². The Morgan fingerprint density at radius 3 is 2.20 bits per heavy atom. The molecule has 0 spiro atoms.